The van der Waals surface area contributed by atoms with Crippen LogP contribution in [0.25, 0.3) is 0 Å². The van der Waals surface area contributed by atoms with Gasteiger partial charge in [-0.25, -0.2) is 14.4 Å². The summed E-state index contributed by atoms with van der Waals surface area (Å²) in [6.07, 6.45) is -0.766. The number of hydrogen-bond acceptors (Lipinski definition) is 5. The number of carboxylic acids is 3. The van der Waals surface area contributed by atoms with Crippen LogP contribution in [0.15, 0.2) is 24.3 Å². The molecule has 1 aromatic carbocycles. The molecule has 0 saturated heterocycles. The number of nitrogens with one attached hydrogen (secondary N) is 3. The summed E-state index contributed by atoms with van der Waals surface area (Å²) in [6.45, 7) is 0. The van der Waals surface area contributed by atoms with Crippen molar-refractivity contribution in [3.63, 3.8) is 0 Å². The predicted octanol–water partition coefficient (Wildman–Crippen LogP) is 0.341. The SMILES string of the molecule is CNc1ccc(CC(NC(=O)NC(CCC(=O)O)C(=O)O)C(=O)O)cc1. The van der Waals surface area contributed by atoms with Crippen molar-refractivity contribution in [2.24, 2.45) is 0 Å². The van der Waals surface area contributed by atoms with E-state index in [9.17, 15) is 24.3 Å². The third kappa shape index (κ3) is 7.07. The molecule has 0 aliphatic rings. The van der Waals surface area contributed by atoms with E-state index in [0.717, 1.165) is 5.69 Å². The van der Waals surface area contributed by atoms with Gasteiger partial charge in [-0.05, 0) is 24.1 Å². The molecule has 0 fully saturated rings. The highest BCUT2D eigenvalue weighted by Gasteiger charge is 2.25. The summed E-state index contributed by atoms with van der Waals surface area (Å²) in [4.78, 5) is 44.8. The van der Waals surface area contributed by atoms with Crippen molar-refractivity contribution >= 4 is 29.6 Å². The molecule has 0 aliphatic carbocycles. The number of carboxylic acid groups (broad SMARTS) is 3. The number of urea groups is 1. The summed E-state index contributed by atoms with van der Waals surface area (Å²) in [6, 6.07) is 3.20. The lowest BCUT2D eigenvalue weighted by Gasteiger charge is -2.18. The minimum atomic E-state index is -1.43. The molecule has 2 amide bonds. The third-order valence-corrected chi connectivity index (χ3v) is 3.54. The van der Waals surface area contributed by atoms with Crippen molar-refractivity contribution < 1.29 is 34.5 Å². The van der Waals surface area contributed by atoms with Crippen molar-refractivity contribution in [2.75, 3.05) is 12.4 Å². The van der Waals surface area contributed by atoms with Crippen molar-refractivity contribution in [1.82, 2.24) is 10.6 Å². The number of hydrogen-bond donors (Lipinski definition) is 6. The molecule has 0 aliphatic heterocycles. The van der Waals surface area contributed by atoms with Crippen LogP contribution in [0.5, 0.6) is 0 Å². The van der Waals surface area contributed by atoms with Gasteiger partial charge in [0.2, 0.25) is 0 Å². The second-order valence-electron chi connectivity index (χ2n) is 5.48. The Balaban J connectivity index is 2.69. The van der Waals surface area contributed by atoms with E-state index >= 15 is 0 Å². The van der Waals surface area contributed by atoms with E-state index in [2.05, 4.69) is 16.0 Å². The Morgan fingerprint density at radius 2 is 1.46 bits per heavy atom. The summed E-state index contributed by atoms with van der Waals surface area (Å²) in [5.74, 6) is -3.89. The maximum atomic E-state index is 11.9. The van der Waals surface area contributed by atoms with Gasteiger partial charge >= 0.3 is 23.9 Å². The van der Waals surface area contributed by atoms with Gasteiger partial charge in [0, 0.05) is 25.6 Å². The van der Waals surface area contributed by atoms with Crippen LogP contribution in [0.4, 0.5) is 10.5 Å². The second-order valence-corrected chi connectivity index (χ2v) is 5.48. The Morgan fingerprint density at radius 1 is 0.923 bits per heavy atom. The number of anilines is 1. The Morgan fingerprint density at radius 3 is 1.92 bits per heavy atom. The minimum absolute atomic E-state index is 0.000385. The molecule has 10 heteroatoms. The van der Waals surface area contributed by atoms with Crippen LogP contribution in [0.1, 0.15) is 18.4 Å². The number of amides is 2. The highest BCUT2D eigenvalue weighted by atomic mass is 16.4. The third-order valence-electron chi connectivity index (χ3n) is 3.54. The van der Waals surface area contributed by atoms with Crippen LogP contribution in [-0.2, 0) is 20.8 Å². The quantitative estimate of drug-likeness (QED) is 0.344. The first-order valence-corrected chi connectivity index (χ1v) is 7.74. The van der Waals surface area contributed by atoms with E-state index in [1.807, 2.05) is 0 Å². The summed E-state index contributed by atoms with van der Waals surface area (Å²) in [5.41, 5.74) is 1.51. The molecule has 142 valence electrons. The molecule has 26 heavy (non-hydrogen) atoms. The van der Waals surface area contributed by atoms with Crippen molar-refractivity contribution in [3.05, 3.63) is 29.8 Å². The Bertz CT molecular complexity index is 660. The highest BCUT2D eigenvalue weighted by molar-refractivity contribution is 5.86. The van der Waals surface area contributed by atoms with E-state index < -0.39 is 42.4 Å². The van der Waals surface area contributed by atoms with E-state index in [1.165, 1.54) is 0 Å². The van der Waals surface area contributed by atoms with Crippen molar-refractivity contribution in [3.8, 4) is 0 Å². The van der Waals surface area contributed by atoms with Gasteiger partial charge in [0.15, 0.2) is 0 Å². The van der Waals surface area contributed by atoms with Crippen LogP contribution >= 0.6 is 0 Å². The van der Waals surface area contributed by atoms with E-state index in [4.69, 9.17) is 10.2 Å². The molecular weight excluding hydrogens is 346 g/mol. The standard InChI is InChI=1S/C16H21N3O7/c1-17-10-4-2-9(3-5-10)8-12(15(24)25)19-16(26)18-11(14(22)23)6-7-13(20)21/h2-5,11-12,17H,6-8H2,1H3,(H,20,21)(H,22,23)(H,24,25)(H2,18,19,26). The maximum absolute atomic E-state index is 11.9. The lowest BCUT2D eigenvalue weighted by molar-refractivity contribution is -0.140. The zero-order chi connectivity index (χ0) is 19.7. The molecule has 0 bridgehead atoms. The number of carbonyl (C=O) groups excluding carboxylic acids is 1. The van der Waals surface area contributed by atoms with Crippen molar-refractivity contribution in [1.29, 1.82) is 0 Å². The molecule has 0 radical (unpaired) electrons. The van der Waals surface area contributed by atoms with E-state index in [0.29, 0.717) is 5.56 Å². The van der Waals surface area contributed by atoms with Gasteiger partial charge in [-0.1, -0.05) is 12.1 Å². The van der Waals surface area contributed by atoms with Gasteiger partial charge in [0.1, 0.15) is 12.1 Å². The lowest BCUT2D eigenvalue weighted by Crippen LogP contribution is -2.51. The molecule has 10 nitrogen and oxygen atoms in total. The van der Waals surface area contributed by atoms with Gasteiger partial charge < -0.3 is 31.3 Å². The molecule has 0 aromatic heterocycles. The minimum Gasteiger partial charge on any atom is -0.481 e. The number of benzene rings is 1. The Kier molecular flexibility index (Phi) is 7.87. The number of carbonyl (C=O) groups is 4. The first kappa shape index (κ1) is 20.7. The van der Waals surface area contributed by atoms with Crippen LogP contribution in [0.2, 0.25) is 0 Å². The predicted molar refractivity (Wildman–Crippen MR) is 91.1 cm³/mol. The summed E-state index contributed by atoms with van der Waals surface area (Å²) in [7, 11) is 1.74. The van der Waals surface area contributed by atoms with Crippen molar-refractivity contribution in [2.45, 2.75) is 31.3 Å². The lowest BCUT2D eigenvalue weighted by atomic mass is 10.1. The van der Waals surface area contributed by atoms with Crippen LogP contribution < -0.4 is 16.0 Å². The summed E-state index contributed by atoms with van der Waals surface area (Å²) in [5, 5.41) is 34.0. The fraction of sp³-hybridized carbons (Fsp3) is 0.375. The summed E-state index contributed by atoms with van der Waals surface area (Å²) < 4.78 is 0. The maximum Gasteiger partial charge on any atom is 0.326 e. The van der Waals surface area contributed by atoms with Gasteiger partial charge in [0.25, 0.3) is 0 Å². The molecule has 2 atom stereocenters. The first-order valence-electron chi connectivity index (χ1n) is 7.74. The normalized spacial score (nSPS) is 12.5. The van der Waals surface area contributed by atoms with Gasteiger partial charge in [0.05, 0.1) is 0 Å². The number of aliphatic carboxylic acids is 3. The van der Waals surface area contributed by atoms with E-state index in [-0.39, 0.29) is 12.8 Å². The van der Waals surface area contributed by atoms with Crippen LogP contribution in [0, 0.1) is 0 Å². The van der Waals surface area contributed by atoms with Gasteiger partial charge in [-0.15, -0.1) is 0 Å². The van der Waals surface area contributed by atoms with Crippen LogP contribution in [-0.4, -0.2) is 58.4 Å². The zero-order valence-corrected chi connectivity index (χ0v) is 14.1. The van der Waals surface area contributed by atoms with E-state index in [1.54, 1.807) is 31.3 Å². The molecule has 1 rings (SSSR count). The molecule has 0 heterocycles. The molecule has 2 unspecified atom stereocenters. The molecule has 0 spiro atoms. The molecular formula is C16H21N3O7. The Labute approximate surface area is 149 Å². The van der Waals surface area contributed by atoms with Crippen LogP contribution in [0.3, 0.4) is 0 Å². The monoisotopic (exact) mass is 367 g/mol. The second kappa shape index (κ2) is 9.87. The highest BCUT2D eigenvalue weighted by Crippen LogP contribution is 2.10. The Hall–Kier alpha value is -3.30. The smallest absolute Gasteiger partial charge is 0.326 e. The first-order chi connectivity index (χ1) is 12.2. The molecule has 1 aromatic rings. The molecule has 0 saturated carbocycles. The zero-order valence-electron chi connectivity index (χ0n) is 14.1. The van der Waals surface area contributed by atoms with Gasteiger partial charge in [-0.3, -0.25) is 4.79 Å². The topological polar surface area (TPSA) is 165 Å². The molecule has 6 N–H and O–H groups in total. The summed E-state index contributed by atoms with van der Waals surface area (Å²) >= 11 is 0. The average Bonchev–Trinajstić information content (AvgIpc) is 2.58. The average molecular weight is 367 g/mol. The number of rotatable bonds is 10. The fourth-order valence-corrected chi connectivity index (χ4v) is 2.13. The van der Waals surface area contributed by atoms with Gasteiger partial charge in [-0.2, -0.15) is 0 Å². The largest absolute Gasteiger partial charge is 0.481 e. The fourth-order valence-electron chi connectivity index (χ4n) is 2.13.